The number of anilines is 1. The van der Waals surface area contributed by atoms with Crippen LogP contribution in [0.15, 0.2) is 60.7 Å². The van der Waals surface area contributed by atoms with Crippen molar-refractivity contribution in [2.75, 3.05) is 31.1 Å². The van der Waals surface area contributed by atoms with E-state index in [1.165, 1.54) is 12.1 Å². The summed E-state index contributed by atoms with van der Waals surface area (Å²) in [6.45, 7) is 2.17. The zero-order valence-corrected chi connectivity index (χ0v) is 19.8. The molecule has 2 N–H and O–H groups in total. The van der Waals surface area contributed by atoms with Gasteiger partial charge >= 0.3 is 5.97 Å². The molecule has 1 saturated heterocycles. The fourth-order valence-electron chi connectivity index (χ4n) is 4.45. The third kappa shape index (κ3) is 5.10. The smallest absolute Gasteiger partial charge is 0.335 e. The van der Waals surface area contributed by atoms with Gasteiger partial charge in [0.05, 0.1) is 17.6 Å². The van der Waals surface area contributed by atoms with Crippen LogP contribution in [0.5, 0.6) is 5.75 Å². The van der Waals surface area contributed by atoms with E-state index in [1.807, 2.05) is 12.1 Å². The second kappa shape index (κ2) is 9.90. The van der Waals surface area contributed by atoms with E-state index in [4.69, 9.17) is 10.2 Å². The normalized spacial score (nSPS) is 16.4. The number of benzene rings is 3. The third-order valence-corrected chi connectivity index (χ3v) is 6.21. The van der Waals surface area contributed by atoms with Crippen LogP contribution < -0.4 is 9.64 Å². The first-order valence-electron chi connectivity index (χ1n) is 13.5. The summed E-state index contributed by atoms with van der Waals surface area (Å²) in [6, 6.07) is 17.6. The van der Waals surface area contributed by atoms with Gasteiger partial charge in [0.25, 0.3) is 0 Å². The molecule has 0 unspecified atom stereocenters. The van der Waals surface area contributed by atoms with Crippen molar-refractivity contribution in [1.29, 1.82) is 0 Å². The van der Waals surface area contributed by atoms with Gasteiger partial charge in [0.1, 0.15) is 12.3 Å². The second-order valence-electron chi connectivity index (χ2n) is 9.59. The highest BCUT2D eigenvalue weighted by Gasteiger charge is 2.24. The molecule has 1 aliphatic rings. The van der Waals surface area contributed by atoms with Gasteiger partial charge in [-0.15, -0.1) is 0 Å². The van der Waals surface area contributed by atoms with Gasteiger partial charge in [-0.25, -0.2) is 4.79 Å². The van der Waals surface area contributed by atoms with Gasteiger partial charge in [0, 0.05) is 24.3 Å². The predicted molar refractivity (Wildman–Crippen MR) is 137 cm³/mol. The highest BCUT2D eigenvalue weighted by atomic mass is 16.5. The van der Waals surface area contributed by atoms with E-state index >= 15 is 0 Å². The lowest BCUT2D eigenvalue weighted by atomic mass is 9.83. The molecule has 0 spiro atoms. The lowest BCUT2D eigenvalue weighted by Crippen LogP contribution is -2.23. The summed E-state index contributed by atoms with van der Waals surface area (Å²) in [5.41, 5.74) is 5.05. The molecule has 1 aliphatic heterocycles. The fourth-order valence-corrected chi connectivity index (χ4v) is 4.45. The minimum atomic E-state index is -3.23. The van der Waals surface area contributed by atoms with Crippen molar-refractivity contribution in [2.24, 2.45) is 0 Å². The molecule has 3 aromatic rings. The molecule has 0 aliphatic carbocycles. The average Bonchev–Trinajstić information content (AvgIpc) is 3.37. The van der Waals surface area contributed by atoms with E-state index in [0.29, 0.717) is 5.56 Å². The van der Waals surface area contributed by atoms with Crippen LogP contribution in [0.25, 0.3) is 22.3 Å². The van der Waals surface area contributed by atoms with Crippen molar-refractivity contribution in [1.82, 2.24) is 0 Å². The molecule has 0 radical (unpaired) electrons. The minimum absolute atomic E-state index is 0.0765. The van der Waals surface area contributed by atoms with Crippen molar-refractivity contribution >= 4 is 11.7 Å². The Bertz CT molecular complexity index is 1320. The number of rotatable bonds is 7. The first-order valence-corrected chi connectivity index (χ1v) is 11.5. The topological polar surface area (TPSA) is 70.0 Å². The maximum Gasteiger partial charge on any atom is 0.335 e. The summed E-state index contributed by atoms with van der Waals surface area (Å²) in [5.74, 6) is -0.943. The molecule has 34 heavy (non-hydrogen) atoms. The molecule has 0 saturated carbocycles. The van der Waals surface area contributed by atoms with Gasteiger partial charge in [-0.3, -0.25) is 0 Å². The molecule has 178 valence electrons. The number of nitrogens with zero attached hydrogens (tertiary/aromatic N) is 1. The SMILES string of the molecule is [2H]C([2H])(O)C([2H])([2H])Oc1ccc(-c2ccc(C(=O)O)cc2)cc1-c1ccc(N2CCCC2)c(C(C)(C)C)c1. The van der Waals surface area contributed by atoms with Crippen LogP contribution in [-0.4, -0.2) is 42.4 Å². The summed E-state index contributed by atoms with van der Waals surface area (Å²) >= 11 is 0. The van der Waals surface area contributed by atoms with E-state index in [2.05, 4.69) is 37.8 Å². The average molecular weight is 464 g/mol. The van der Waals surface area contributed by atoms with Crippen LogP contribution >= 0.6 is 0 Å². The van der Waals surface area contributed by atoms with E-state index in [-0.39, 0.29) is 16.7 Å². The van der Waals surface area contributed by atoms with Gasteiger partial charge in [-0.2, -0.15) is 0 Å². The Morgan fingerprint density at radius 1 is 0.971 bits per heavy atom. The highest BCUT2D eigenvalue weighted by Crippen LogP contribution is 2.40. The number of aromatic carboxylic acids is 1. The molecular formula is C29H33NO4. The standard InChI is InChI=1S/C29H33NO4/c1-29(2,3)25-19-23(10-12-26(25)30-14-4-5-15-30)24-18-22(11-13-27(24)34-17-16-31)20-6-8-21(9-7-20)28(32)33/h6-13,18-19,31H,4-5,14-17H2,1-3H3,(H,32,33)/i16D2,17D2. The van der Waals surface area contributed by atoms with Crippen LogP contribution in [0.3, 0.4) is 0 Å². The first-order chi connectivity index (χ1) is 17.7. The molecule has 3 aromatic carbocycles. The largest absolute Gasteiger partial charge is 0.491 e. The Balaban J connectivity index is 1.87. The molecule has 5 heteroatoms. The molecule has 1 heterocycles. The van der Waals surface area contributed by atoms with E-state index in [0.717, 1.165) is 53.9 Å². The zero-order valence-electron chi connectivity index (χ0n) is 23.8. The Morgan fingerprint density at radius 2 is 1.62 bits per heavy atom. The number of hydrogen-bond acceptors (Lipinski definition) is 4. The maximum atomic E-state index is 11.3. The molecular weight excluding hydrogens is 426 g/mol. The summed E-state index contributed by atoms with van der Waals surface area (Å²) in [6.07, 6.45) is 2.29. The molecule has 5 nitrogen and oxygen atoms in total. The lowest BCUT2D eigenvalue weighted by Gasteiger charge is -2.29. The molecule has 0 atom stereocenters. The zero-order chi connectivity index (χ0) is 27.9. The fraction of sp³-hybridized carbons (Fsp3) is 0.345. The third-order valence-electron chi connectivity index (χ3n) is 6.21. The predicted octanol–water partition coefficient (Wildman–Crippen LogP) is 5.99. The Kier molecular flexibility index (Phi) is 5.54. The van der Waals surface area contributed by atoms with Gasteiger partial charge in [-0.05, 0) is 76.9 Å². The number of carboxylic acid groups (broad SMARTS) is 1. The number of carbonyl (C=O) groups is 1. The van der Waals surface area contributed by atoms with Crippen molar-refractivity contribution in [3.8, 4) is 28.0 Å². The summed E-state index contributed by atoms with van der Waals surface area (Å²) in [7, 11) is 0. The first kappa shape index (κ1) is 19.0. The number of carboxylic acids is 1. The number of hydrogen-bond donors (Lipinski definition) is 2. The maximum absolute atomic E-state index is 11.3. The lowest BCUT2D eigenvalue weighted by molar-refractivity contribution is 0.0697. The molecule has 0 amide bonds. The Hall–Kier alpha value is -3.31. The molecule has 0 bridgehead atoms. The summed E-state index contributed by atoms with van der Waals surface area (Å²) in [4.78, 5) is 13.7. The van der Waals surface area contributed by atoms with Crippen molar-refractivity contribution in [3.05, 3.63) is 71.8 Å². The van der Waals surface area contributed by atoms with Crippen LogP contribution in [0.2, 0.25) is 0 Å². The van der Waals surface area contributed by atoms with Crippen LogP contribution in [0.1, 0.15) is 55.0 Å². The molecule has 1 fully saturated rings. The van der Waals surface area contributed by atoms with Gasteiger partial charge in [0.2, 0.25) is 0 Å². The second-order valence-corrected chi connectivity index (χ2v) is 9.59. The monoisotopic (exact) mass is 463 g/mol. The molecule has 4 rings (SSSR count). The number of ether oxygens (including phenoxy) is 1. The highest BCUT2D eigenvalue weighted by molar-refractivity contribution is 5.88. The summed E-state index contributed by atoms with van der Waals surface area (Å²) in [5, 5.41) is 19.0. The summed E-state index contributed by atoms with van der Waals surface area (Å²) < 4.78 is 36.5. The van der Waals surface area contributed by atoms with Crippen molar-refractivity contribution < 1.29 is 25.2 Å². The van der Waals surface area contributed by atoms with Gasteiger partial charge in [-0.1, -0.05) is 45.0 Å². The van der Waals surface area contributed by atoms with Crippen LogP contribution in [0.4, 0.5) is 5.69 Å². The van der Waals surface area contributed by atoms with E-state index in [9.17, 15) is 15.0 Å². The van der Waals surface area contributed by atoms with E-state index in [1.54, 1.807) is 24.3 Å². The number of aliphatic hydroxyl groups is 1. The quantitative estimate of drug-likeness (QED) is 0.451. The van der Waals surface area contributed by atoms with Crippen molar-refractivity contribution in [2.45, 2.75) is 39.0 Å². The van der Waals surface area contributed by atoms with Crippen LogP contribution in [0, 0.1) is 0 Å². The van der Waals surface area contributed by atoms with E-state index < -0.39 is 19.1 Å². The molecule has 0 aromatic heterocycles. The van der Waals surface area contributed by atoms with Crippen LogP contribution in [-0.2, 0) is 5.41 Å². The van der Waals surface area contributed by atoms with Crippen molar-refractivity contribution in [3.63, 3.8) is 0 Å². The minimum Gasteiger partial charge on any atom is -0.491 e. The Labute approximate surface area is 207 Å². The van der Waals surface area contributed by atoms with Gasteiger partial charge < -0.3 is 19.8 Å². The Morgan fingerprint density at radius 3 is 2.24 bits per heavy atom. The van der Waals surface area contributed by atoms with Gasteiger partial charge in [0.15, 0.2) is 0 Å².